The van der Waals surface area contributed by atoms with Gasteiger partial charge in [-0.3, -0.25) is 4.90 Å². The number of rotatable bonds is 7. The first-order valence-electron chi connectivity index (χ1n) is 8.61. The van der Waals surface area contributed by atoms with Gasteiger partial charge in [-0.2, -0.15) is 0 Å². The summed E-state index contributed by atoms with van der Waals surface area (Å²) in [6, 6.07) is 17.2. The van der Waals surface area contributed by atoms with E-state index < -0.39 is 0 Å². The second-order valence-corrected chi connectivity index (χ2v) is 6.06. The predicted molar refractivity (Wildman–Crippen MR) is 96.1 cm³/mol. The lowest BCUT2D eigenvalue weighted by Gasteiger charge is -2.21. The summed E-state index contributed by atoms with van der Waals surface area (Å²) >= 11 is 0. The molecule has 1 N–H and O–H groups in total. The fourth-order valence-corrected chi connectivity index (χ4v) is 3.04. The number of aryl methyl sites for hydroxylation is 1. The minimum atomic E-state index is 0.761. The van der Waals surface area contributed by atoms with Crippen molar-refractivity contribution in [2.45, 2.75) is 26.3 Å². The number of ether oxygens (including phenoxy) is 1. The zero-order valence-electron chi connectivity index (χ0n) is 13.9. The van der Waals surface area contributed by atoms with E-state index in [9.17, 15) is 0 Å². The zero-order chi connectivity index (χ0) is 15.9. The molecule has 0 atom stereocenters. The molecule has 0 aliphatic carbocycles. The van der Waals surface area contributed by atoms with Crippen LogP contribution in [0.15, 0.2) is 48.5 Å². The van der Waals surface area contributed by atoms with Crippen LogP contribution in [0, 0.1) is 0 Å². The van der Waals surface area contributed by atoms with Crippen molar-refractivity contribution in [3.8, 4) is 5.75 Å². The van der Waals surface area contributed by atoms with E-state index in [-0.39, 0.29) is 0 Å². The Morgan fingerprint density at radius 2 is 1.96 bits per heavy atom. The van der Waals surface area contributed by atoms with Gasteiger partial charge >= 0.3 is 0 Å². The Bertz CT molecular complexity index is 612. The normalized spacial score (nSPS) is 13.3. The SMILES string of the molecule is CCN(CCCc1ccc2c(c1)NCCO2)Cc1ccccc1. The molecule has 0 aromatic heterocycles. The summed E-state index contributed by atoms with van der Waals surface area (Å²) < 4.78 is 5.63. The fourth-order valence-electron chi connectivity index (χ4n) is 3.04. The number of nitrogens with zero attached hydrogens (tertiary/aromatic N) is 1. The molecule has 2 aromatic carbocycles. The molecule has 0 saturated carbocycles. The molecule has 0 radical (unpaired) electrons. The molecule has 0 spiro atoms. The van der Waals surface area contributed by atoms with Crippen LogP contribution in [-0.4, -0.2) is 31.1 Å². The predicted octanol–water partition coefficient (Wildman–Crippen LogP) is 3.95. The van der Waals surface area contributed by atoms with Crippen molar-refractivity contribution in [3.63, 3.8) is 0 Å². The van der Waals surface area contributed by atoms with E-state index in [2.05, 4.69) is 65.7 Å². The van der Waals surface area contributed by atoms with Crippen LogP contribution in [0.1, 0.15) is 24.5 Å². The van der Waals surface area contributed by atoms with Gasteiger partial charge < -0.3 is 10.1 Å². The highest BCUT2D eigenvalue weighted by atomic mass is 16.5. The van der Waals surface area contributed by atoms with Crippen LogP contribution in [-0.2, 0) is 13.0 Å². The van der Waals surface area contributed by atoms with E-state index in [1.165, 1.54) is 17.5 Å². The Morgan fingerprint density at radius 3 is 2.78 bits per heavy atom. The monoisotopic (exact) mass is 310 g/mol. The summed E-state index contributed by atoms with van der Waals surface area (Å²) in [5.41, 5.74) is 3.92. The summed E-state index contributed by atoms with van der Waals surface area (Å²) in [7, 11) is 0. The second kappa shape index (κ2) is 8.02. The molecule has 3 nitrogen and oxygen atoms in total. The second-order valence-electron chi connectivity index (χ2n) is 6.06. The summed E-state index contributed by atoms with van der Waals surface area (Å²) in [6.45, 7) is 7.16. The smallest absolute Gasteiger partial charge is 0.142 e. The van der Waals surface area contributed by atoms with Gasteiger partial charge in [-0.25, -0.2) is 0 Å². The van der Waals surface area contributed by atoms with E-state index in [4.69, 9.17) is 4.74 Å². The average Bonchev–Trinajstić information content (AvgIpc) is 2.61. The lowest BCUT2D eigenvalue weighted by atomic mass is 10.1. The van der Waals surface area contributed by atoms with Crippen LogP contribution in [0.2, 0.25) is 0 Å². The molecular formula is C20H26N2O. The van der Waals surface area contributed by atoms with E-state index in [1.54, 1.807) is 0 Å². The number of fused-ring (bicyclic) bond motifs is 1. The lowest BCUT2D eigenvalue weighted by Crippen LogP contribution is -2.24. The van der Waals surface area contributed by atoms with Crippen LogP contribution in [0.3, 0.4) is 0 Å². The highest BCUT2D eigenvalue weighted by Crippen LogP contribution is 2.28. The van der Waals surface area contributed by atoms with Crippen molar-refractivity contribution >= 4 is 5.69 Å². The van der Waals surface area contributed by atoms with Crippen LogP contribution >= 0.6 is 0 Å². The molecule has 0 unspecified atom stereocenters. The van der Waals surface area contributed by atoms with E-state index >= 15 is 0 Å². The topological polar surface area (TPSA) is 24.5 Å². The molecule has 1 aliphatic heterocycles. The molecular weight excluding hydrogens is 284 g/mol. The lowest BCUT2D eigenvalue weighted by molar-refractivity contribution is 0.276. The molecule has 1 heterocycles. The zero-order valence-corrected chi connectivity index (χ0v) is 13.9. The van der Waals surface area contributed by atoms with E-state index in [0.29, 0.717) is 0 Å². The van der Waals surface area contributed by atoms with Crippen molar-refractivity contribution in [2.75, 3.05) is 31.6 Å². The molecule has 0 fully saturated rings. The van der Waals surface area contributed by atoms with Gasteiger partial charge in [0.25, 0.3) is 0 Å². The quantitative estimate of drug-likeness (QED) is 0.838. The van der Waals surface area contributed by atoms with Gasteiger partial charge in [-0.1, -0.05) is 43.3 Å². The molecule has 3 rings (SSSR count). The van der Waals surface area contributed by atoms with Crippen molar-refractivity contribution in [3.05, 3.63) is 59.7 Å². The highest BCUT2D eigenvalue weighted by molar-refractivity contribution is 5.59. The molecule has 23 heavy (non-hydrogen) atoms. The first kappa shape index (κ1) is 15.9. The highest BCUT2D eigenvalue weighted by Gasteiger charge is 2.10. The largest absolute Gasteiger partial charge is 0.490 e. The van der Waals surface area contributed by atoms with Gasteiger partial charge in [-0.15, -0.1) is 0 Å². The molecule has 122 valence electrons. The fraction of sp³-hybridized carbons (Fsp3) is 0.400. The number of hydrogen-bond acceptors (Lipinski definition) is 3. The van der Waals surface area contributed by atoms with Gasteiger partial charge in [0.05, 0.1) is 5.69 Å². The van der Waals surface area contributed by atoms with E-state index in [1.807, 2.05) is 0 Å². The van der Waals surface area contributed by atoms with Crippen molar-refractivity contribution in [1.29, 1.82) is 0 Å². The molecule has 0 bridgehead atoms. The van der Waals surface area contributed by atoms with Crippen LogP contribution in [0.4, 0.5) is 5.69 Å². The maximum atomic E-state index is 5.63. The molecule has 0 amide bonds. The maximum Gasteiger partial charge on any atom is 0.142 e. The first-order chi connectivity index (χ1) is 11.3. The van der Waals surface area contributed by atoms with Crippen LogP contribution < -0.4 is 10.1 Å². The maximum absolute atomic E-state index is 5.63. The Morgan fingerprint density at radius 1 is 1.09 bits per heavy atom. The van der Waals surface area contributed by atoms with Gasteiger partial charge in [0, 0.05) is 13.1 Å². The standard InChI is InChI=1S/C20H26N2O/c1-2-22(16-18-7-4-3-5-8-18)13-6-9-17-10-11-20-19(15-17)21-12-14-23-20/h3-5,7-8,10-11,15,21H,2,6,9,12-14,16H2,1H3. The van der Waals surface area contributed by atoms with Crippen molar-refractivity contribution in [2.24, 2.45) is 0 Å². The number of nitrogens with one attached hydrogen (secondary N) is 1. The number of benzene rings is 2. The van der Waals surface area contributed by atoms with Gasteiger partial charge in [0.15, 0.2) is 0 Å². The van der Waals surface area contributed by atoms with Gasteiger partial charge in [-0.05, 0) is 49.2 Å². The van der Waals surface area contributed by atoms with Gasteiger partial charge in [0.2, 0.25) is 0 Å². The third kappa shape index (κ3) is 4.49. The molecule has 2 aromatic rings. The van der Waals surface area contributed by atoms with Crippen LogP contribution in [0.25, 0.3) is 0 Å². The van der Waals surface area contributed by atoms with Crippen molar-refractivity contribution < 1.29 is 4.74 Å². The Kier molecular flexibility index (Phi) is 5.54. The Hall–Kier alpha value is -2.00. The minimum Gasteiger partial charge on any atom is -0.490 e. The van der Waals surface area contributed by atoms with Gasteiger partial charge in [0.1, 0.15) is 12.4 Å². The molecule has 3 heteroatoms. The summed E-state index contributed by atoms with van der Waals surface area (Å²) in [4.78, 5) is 2.51. The third-order valence-electron chi connectivity index (χ3n) is 4.36. The summed E-state index contributed by atoms with van der Waals surface area (Å²) in [5.74, 6) is 0.985. The molecule has 1 aliphatic rings. The van der Waals surface area contributed by atoms with E-state index in [0.717, 1.165) is 50.6 Å². The first-order valence-corrected chi connectivity index (χ1v) is 8.61. The Labute approximate surface area is 139 Å². The summed E-state index contributed by atoms with van der Waals surface area (Å²) in [5, 5.41) is 3.41. The third-order valence-corrected chi connectivity index (χ3v) is 4.36. The summed E-state index contributed by atoms with van der Waals surface area (Å²) in [6.07, 6.45) is 2.29. The number of hydrogen-bond donors (Lipinski definition) is 1. The number of anilines is 1. The average molecular weight is 310 g/mol. The molecule has 0 saturated heterocycles. The van der Waals surface area contributed by atoms with Crippen LogP contribution in [0.5, 0.6) is 5.75 Å². The van der Waals surface area contributed by atoms with Crippen molar-refractivity contribution in [1.82, 2.24) is 4.90 Å². The Balaban J connectivity index is 1.50. The minimum absolute atomic E-state index is 0.761.